The largest absolute Gasteiger partial charge is 0.494 e. The Morgan fingerprint density at radius 3 is 2.90 bits per heavy atom. The molecule has 106 valence electrons. The molecule has 1 aromatic carbocycles. The van der Waals surface area contributed by atoms with Gasteiger partial charge >= 0.3 is 0 Å². The van der Waals surface area contributed by atoms with E-state index in [1.165, 1.54) is 18.3 Å². The molecule has 7 heteroatoms. The fourth-order valence-corrected chi connectivity index (χ4v) is 2.54. The van der Waals surface area contributed by atoms with E-state index in [9.17, 15) is 4.79 Å². The summed E-state index contributed by atoms with van der Waals surface area (Å²) in [5, 5.41) is 6.84. The third-order valence-corrected chi connectivity index (χ3v) is 3.60. The van der Waals surface area contributed by atoms with Gasteiger partial charge in [-0.1, -0.05) is 11.6 Å². The van der Waals surface area contributed by atoms with Crippen molar-refractivity contribution in [3.8, 4) is 5.75 Å². The van der Waals surface area contributed by atoms with Gasteiger partial charge in [-0.2, -0.15) is 0 Å². The summed E-state index contributed by atoms with van der Waals surface area (Å²) in [6, 6.07) is 5.47. The summed E-state index contributed by atoms with van der Waals surface area (Å²) in [7, 11) is 1.56. The smallest absolute Gasteiger partial charge is 0.221 e. The van der Waals surface area contributed by atoms with Crippen molar-refractivity contribution in [3.05, 3.63) is 33.7 Å². The highest BCUT2D eigenvalue weighted by atomic mass is 35.5. The summed E-state index contributed by atoms with van der Waals surface area (Å²) in [4.78, 5) is 15.2. The molecule has 5 nitrogen and oxygen atoms in total. The number of aromatic nitrogens is 1. The molecule has 0 spiro atoms. The Hall–Kier alpha value is -1.79. The summed E-state index contributed by atoms with van der Waals surface area (Å²) in [5.41, 5.74) is 1.52. The first-order chi connectivity index (χ1) is 9.58. The molecule has 2 N–H and O–H groups in total. The molecule has 0 aliphatic heterocycles. The van der Waals surface area contributed by atoms with E-state index in [2.05, 4.69) is 15.6 Å². The Morgan fingerprint density at radius 1 is 1.50 bits per heavy atom. The fourth-order valence-electron chi connectivity index (χ4n) is 1.64. The lowest BCUT2D eigenvalue weighted by Crippen LogP contribution is -2.07. The van der Waals surface area contributed by atoms with Crippen molar-refractivity contribution in [2.45, 2.75) is 13.5 Å². The minimum absolute atomic E-state index is 0.138. The second-order valence-electron chi connectivity index (χ2n) is 4.01. The van der Waals surface area contributed by atoms with E-state index in [0.29, 0.717) is 22.3 Å². The molecular weight excluding hydrogens is 298 g/mol. The third-order valence-electron chi connectivity index (χ3n) is 2.48. The topological polar surface area (TPSA) is 63.2 Å². The predicted molar refractivity (Wildman–Crippen MR) is 81.7 cm³/mol. The number of carbonyl (C=O) groups is 1. The molecule has 0 saturated carbocycles. The van der Waals surface area contributed by atoms with Crippen molar-refractivity contribution in [1.29, 1.82) is 0 Å². The van der Waals surface area contributed by atoms with E-state index in [1.807, 2.05) is 12.1 Å². The Morgan fingerprint density at radius 2 is 2.30 bits per heavy atom. The number of hydrogen-bond donors (Lipinski definition) is 2. The average Bonchev–Trinajstić information content (AvgIpc) is 2.83. The zero-order valence-electron chi connectivity index (χ0n) is 11.1. The van der Waals surface area contributed by atoms with Gasteiger partial charge in [0.1, 0.15) is 15.1 Å². The van der Waals surface area contributed by atoms with Gasteiger partial charge < -0.3 is 15.4 Å². The maximum absolute atomic E-state index is 11.1. The Balaban J connectivity index is 2.07. The van der Waals surface area contributed by atoms with Gasteiger partial charge in [0.15, 0.2) is 0 Å². The number of rotatable bonds is 5. The summed E-state index contributed by atoms with van der Waals surface area (Å²) in [6.07, 6.45) is 1.63. The first kappa shape index (κ1) is 14.6. The summed E-state index contributed by atoms with van der Waals surface area (Å²) in [6.45, 7) is 2.04. The van der Waals surface area contributed by atoms with Crippen LogP contribution in [0.1, 0.15) is 11.9 Å². The molecule has 1 aromatic heterocycles. The maximum Gasteiger partial charge on any atom is 0.221 e. The van der Waals surface area contributed by atoms with E-state index < -0.39 is 0 Å². The van der Waals surface area contributed by atoms with Gasteiger partial charge in [-0.3, -0.25) is 4.79 Å². The lowest BCUT2D eigenvalue weighted by Gasteiger charge is -2.11. The molecule has 0 atom stereocenters. The molecule has 2 aromatic rings. The number of hydrogen-bond acceptors (Lipinski definition) is 5. The van der Waals surface area contributed by atoms with Crippen LogP contribution in [0.2, 0.25) is 4.34 Å². The number of halogens is 1. The number of benzene rings is 1. The van der Waals surface area contributed by atoms with Gasteiger partial charge in [0.25, 0.3) is 0 Å². The van der Waals surface area contributed by atoms with Crippen LogP contribution in [-0.4, -0.2) is 18.0 Å². The highest BCUT2D eigenvalue weighted by Gasteiger charge is 2.06. The van der Waals surface area contributed by atoms with Crippen molar-refractivity contribution < 1.29 is 9.53 Å². The number of carbonyl (C=O) groups excluding carboxylic acids is 1. The zero-order valence-corrected chi connectivity index (χ0v) is 12.6. The molecule has 0 aliphatic rings. The van der Waals surface area contributed by atoms with Crippen LogP contribution < -0.4 is 15.4 Å². The molecule has 2 rings (SSSR count). The molecule has 0 saturated heterocycles. The van der Waals surface area contributed by atoms with E-state index in [-0.39, 0.29) is 5.91 Å². The van der Waals surface area contributed by atoms with Crippen molar-refractivity contribution >= 4 is 40.2 Å². The van der Waals surface area contributed by atoms with Crippen LogP contribution in [-0.2, 0) is 11.3 Å². The van der Waals surface area contributed by atoms with Gasteiger partial charge in [-0.25, -0.2) is 4.98 Å². The van der Waals surface area contributed by atoms with E-state index >= 15 is 0 Å². The van der Waals surface area contributed by atoms with E-state index in [1.54, 1.807) is 19.4 Å². The number of ether oxygens (including phenoxy) is 1. The van der Waals surface area contributed by atoms with Gasteiger partial charge in [0.2, 0.25) is 5.91 Å². The maximum atomic E-state index is 11.1. The van der Waals surface area contributed by atoms with Crippen molar-refractivity contribution in [1.82, 2.24) is 4.98 Å². The SMILES string of the molecule is COc1cc(NCc2ncc(Cl)s2)ccc1NC(C)=O. The van der Waals surface area contributed by atoms with Crippen molar-refractivity contribution in [2.75, 3.05) is 17.7 Å². The molecule has 0 aliphatic carbocycles. The van der Waals surface area contributed by atoms with E-state index in [4.69, 9.17) is 16.3 Å². The molecule has 0 radical (unpaired) electrons. The summed E-state index contributed by atoms with van der Waals surface area (Å²) < 4.78 is 5.92. The van der Waals surface area contributed by atoms with Crippen molar-refractivity contribution in [2.24, 2.45) is 0 Å². The van der Waals surface area contributed by atoms with Gasteiger partial charge in [0.05, 0.1) is 25.5 Å². The van der Waals surface area contributed by atoms with Gasteiger partial charge in [-0.15, -0.1) is 11.3 Å². The minimum atomic E-state index is -0.138. The highest BCUT2D eigenvalue weighted by molar-refractivity contribution is 7.15. The summed E-state index contributed by atoms with van der Waals surface area (Å²) >= 11 is 7.26. The standard InChI is InChI=1S/C13H14ClN3O2S/c1-8(18)17-10-4-3-9(5-11(10)19-2)15-7-13-16-6-12(14)20-13/h3-6,15H,7H2,1-2H3,(H,17,18). The predicted octanol–water partition coefficient (Wildman–Crippen LogP) is 3.38. The molecular formula is C13H14ClN3O2S. The quantitative estimate of drug-likeness (QED) is 0.888. The number of anilines is 2. The number of nitrogens with one attached hydrogen (secondary N) is 2. The number of nitrogens with zero attached hydrogens (tertiary/aromatic N) is 1. The number of thiazole rings is 1. The van der Waals surface area contributed by atoms with Crippen LogP contribution >= 0.6 is 22.9 Å². The minimum Gasteiger partial charge on any atom is -0.494 e. The van der Waals surface area contributed by atoms with E-state index in [0.717, 1.165) is 10.7 Å². The van der Waals surface area contributed by atoms with Crippen LogP contribution in [0.25, 0.3) is 0 Å². The Bertz CT molecular complexity index is 615. The normalized spacial score (nSPS) is 10.2. The molecule has 0 unspecified atom stereocenters. The lowest BCUT2D eigenvalue weighted by molar-refractivity contribution is -0.114. The molecule has 1 heterocycles. The third kappa shape index (κ3) is 3.85. The van der Waals surface area contributed by atoms with Crippen molar-refractivity contribution in [3.63, 3.8) is 0 Å². The molecule has 0 bridgehead atoms. The van der Waals surface area contributed by atoms with Crippen LogP contribution in [0, 0.1) is 0 Å². The summed E-state index contributed by atoms with van der Waals surface area (Å²) in [5.74, 6) is 0.462. The number of methoxy groups -OCH3 is 1. The molecule has 0 fully saturated rings. The van der Waals surface area contributed by atoms with Crippen LogP contribution in [0.5, 0.6) is 5.75 Å². The second kappa shape index (κ2) is 6.58. The first-order valence-electron chi connectivity index (χ1n) is 5.88. The van der Waals surface area contributed by atoms with Crippen LogP contribution in [0.3, 0.4) is 0 Å². The zero-order chi connectivity index (χ0) is 14.5. The monoisotopic (exact) mass is 311 g/mol. The number of amides is 1. The van der Waals surface area contributed by atoms with Gasteiger partial charge in [-0.05, 0) is 12.1 Å². The van der Waals surface area contributed by atoms with Crippen LogP contribution in [0.15, 0.2) is 24.4 Å². The lowest BCUT2D eigenvalue weighted by atomic mass is 10.2. The average molecular weight is 312 g/mol. The highest BCUT2D eigenvalue weighted by Crippen LogP contribution is 2.28. The fraction of sp³-hybridized carbons (Fsp3) is 0.231. The first-order valence-corrected chi connectivity index (χ1v) is 7.07. The molecule has 1 amide bonds. The van der Waals surface area contributed by atoms with Crippen LogP contribution in [0.4, 0.5) is 11.4 Å². The Labute approximate surface area is 125 Å². The van der Waals surface area contributed by atoms with Gasteiger partial charge in [0, 0.05) is 18.7 Å². The Kier molecular flexibility index (Phi) is 4.81. The molecule has 20 heavy (non-hydrogen) atoms. The second-order valence-corrected chi connectivity index (χ2v) is 5.75.